The summed E-state index contributed by atoms with van der Waals surface area (Å²) in [7, 11) is 0. The number of aromatic nitrogens is 3. The van der Waals surface area contributed by atoms with Gasteiger partial charge in [-0.25, -0.2) is 19.3 Å². The zero-order chi connectivity index (χ0) is 27.6. The molecule has 0 spiro atoms. The van der Waals surface area contributed by atoms with Gasteiger partial charge in [0.25, 0.3) is 5.91 Å². The summed E-state index contributed by atoms with van der Waals surface area (Å²) in [6.07, 6.45) is 3.31. The number of piperidine rings is 1. The Hall–Kier alpha value is -2.61. The Morgan fingerprint density at radius 3 is 2.58 bits per heavy atom. The van der Waals surface area contributed by atoms with Crippen molar-refractivity contribution >= 4 is 46.5 Å². The van der Waals surface area contributed by atoms with E-state index in [4.69, 9.17) is 34.8 Å². The van der Waals surface area contributed by atoms with Crippen molar-refractivity contribution in [3.63, 3.8) is 0 Å². The molecule has 1 aliphatic heterocycles. The number of carbonyl (C=O) groups is 1. The maximum Gasteiger partial charge on any atom is 0.252 e. The van der Waals surface area contributed by atoms with Gasteiger partial charge in [0.2, 0.25) is 0 Å². The molecule has 3 heterocycles. The molecular formula is C28H29Cl3FN5O. The van der Waals surface area contributed by atoms with Crippen LogP contribution in [0.15, 0.2) is 41.7 Å². The normalized spacial score (nSPS) is 18.2. The monoisotopic (exact) mass is 575 g/mol. The van der Waals surface area contributed by atoms with Crippen molar-refractivity contribution in [2.75, 3.05) is 6.54 Å². The van der Waals surface area contributed by atoms with Crippen molar-refractivity contribution in [3.8, 4) is 11.3 Å². The van der Waals surface area contributed by atoms with Crippen LogP contribution in [0, 0.1) is 11.7 Å². The van der Waals surface area contributed by atoms with Crippen molar-refractivity contribution in [1.82, 2.24) is 19.9 Å². The van der Waals surface area contributed by atoms with Gasteiger partial charge in [-0.2, -0.15) is 4.99 Å². The summed E-state index contributed by atoms with van der Waals surface area (Å²) in [5.74, 6) is -0.0674. The zero-order valence-electron chi connectivity index (χ0n) is 21.7. The highest BCUT2D eigenvalue weighted by atomic mass is 35.5. The van der Waals surface area contributed by atoms with Crippen molar-refractivity contribution in [3.05, 3.63) is 74.6 Å². The fourth-order valence-corrected chi connectivity index (χ4v) is 5.39. The van der Waals surface area contributed by atoms with Crippen LogP contribution in [0.5, 0.6) is 0 Å². The molecule has 1 aliphatic rings. The summed E-state index contributed by atoms with van der Waals surface area (Å²) in [6, 6.07) is 7.92. The van der Waals surface area contributed by atoms with Crippen LogP contribution in [0.1, 0.15) is 63.3 Å². The SMILES string of the molecule is CC(C)c1ncnc(Cl)c1CC(=O)N=C(c1cc(Cl)c(-c2ccccc2F)nc1Cl)N1C[C@@H](C)CC[C@@H]1C. The summed E-state index contributed by atoms with van der Waals surface area (Å²) >= 11 is 19.7. The number of benzene rings is 1. The van der Waals surface area contributed by atoms with Crippen LogP contribution in [0.4, 0.5) is 4.39 Å². The summed E-state index contributed by atoms with van der Waals surface area (Å²) in [4.78, 5) is 32.9. The molecule has 3 aromatic rings. The van der Waals surface area contributed by atoms with Crippen LogP contribution in [0.3, 0.4) is 0 Å². The number of likely N-dealkylation sites (tertiary alicyclic amines) is 1. The average molecular weight is 577 g/mol. The Bertz CT molecular complexity index is 1380. The number of amides is 1. The molecule has 2 aromatic heterocycles. The van der Waals surface area contributed by atoms with Gasteiger partial charge >= 0.3 is 0 Å². The van der Waals surface area contributed by atoms with E-state index in [1.165, 1.54) is 12.4 Å². The van der Waals surface area contributed by atoms with E-state index in [1.54, 1.807) is 24.3 Å². The minimum absolute atomic E-state index is 0.0492. The smallest absolute Gasteiger partial charge is 0.252 e. The van der Waals surface area contributed by atoms with Crippen molar-refractivity contribution < 1.29 is 9.18 Å². The van der Waals surface area contributed by atoms with Crippen LogP contribution < -0.4 is 0 Å². The lowest BCUT2D eigenvalue weighted by atomic mass is 9.94. The van der Waals surface area contributed by atoms with Crippen molar-refractivity contribution in [2.24, 2.45) is 10.9 Å². The van der Waals surface area contributed by atoms with E-state index in [-0.39, 0.29) is 45.0 Å². The highest BCUT2D eigenvalue weighted by Gasteiger charge is 2.30. The first kappa shape index (κ1) is 28.4. The summed E-state index contributed by atoms with van der Waals surface area (Å²) in [5.41, 5.74) is 2.12. The fraction of sp³-hybridized carbons (Fsp3) is 0.393. The molecule has 38 heavy (non-hydrogen) atoms. The van der Waals surface area contributed by atoms with E-state index in [0.717, 1.165) is 12.8 Å². The van der Waals surface area contributed by atoms with E-state index < -0.39 is 11.7 Å². The first-order chi connectivity index (χ1) is 18.1. The number of pyridine rings is 1. The van der Waals surface area contributed by atoms with Crippen LogP contribution in [-0.2, 0) is 11.2 Å². The molecule has 0 unspecified atom stereocenters. The zero-order valence-corrected chi connectivity index (χ0v) is 23.9. The number of hydrogen-bond acceptors (Lipinski definition) is 4. The number of carbonyl (C=O) groups excluding carboxylic acids is 1. The molecule has 0 bridgehead atoms. The molecule has 0 saturated carbocycles. The number of rotatable bonds is 5. The van der Waals surface area contributed by atoms with Gasteiger partial charge in [-0.3, -0.25) is 4.79 Å². The number of halogens is 4. The molecule has 200 valence electrons. The van der Waals surface area contributed by atoms with Crippen molar-refractivity contribution in [1.29, 1.82) is 0 Å². The molecular weight excluding hydrogens is 548 g/mol. The Labute approximate surface area is 237 Å². The van der Waals surface area contributed by atoms with Crippen molar-refractivity contribution in [2.45, 2.75) is 58.9 Å². The van der Waals surface area contributed by atoms with E-state index in [2.05, 4.69) is 38.7 Å². The second kappa shape index (κ2) is 12.1. The highest BCUT2D eigenvalue weighted by Crippen LogP contribution is 2.34. The molecule has 10 heteroatoms. The molecule has 0 N–H and O–H groups in total. The Morgan fingerprint density at radius 1 is 1.13 bits per heavy atom. The van der Waals surface area contributed by atoms with Gasteiger partial charge < -0.3 is 4.90 Å². The van der Waals surface area contributed by atoms with Gasteiger partial charge in [-0.1, -0.05) is 67.7 Å². The third-order valence-corrected chi connectivity index (χ3v) is 7.62. The first-order valence-electron chi connectivity index (χ1n) is 12.6. The van der Waals surface area contributed by atoms with Crippen LogP contribution >= 0.6 is 34.8 Å². The Balaban J connectivity index is 1.80. The molecule has 1 aromatic carbocycles. The predicted molar refractivity (Wildman–Crippen MR) is 151 cm³/mol. The third-order valence-electron chi connectivity index (χ3n) is 6.72. The van der Waals surface area contributed by atoms with Gasteiger partial charge in [0.15, 0.2) is 0 Å². The highest BCUT2D eigenvalue weighted by molar-refractivity contribution is 6.36. The van der Waals surface area contributed by atoms with E-state index in [0.29, 0.717) is 35.1 Å². The second-order valence-electron chi connectivity index (χ2n) is 10.0. The van der Waals surface area contributed by atoms with Crippen LogP contribution in [0.2, 0.25) is 15.3 Å². The molecule has 0 aliphatic carbocycles. The van der Waals surface area contributed by atoms with E-state index in [9.17, 15) is 9.18 Å². The Morgan fingerprint density at radius 2 is 1.87 bits per heavy atom. The molecule has 1 saturated heterocycles. The van der Waals surface area contributed by atoms with E-state index in [1.807, 2.05) is 13.8 Å². The Kier molecular flexibility index (Phi) is 9.01. The quantitative estimate of drug-likeness (QED) is 0.137. The van der Waals surface area contributed by atoms with Gasteiger partial charge in [-0.15, -0.1) is 0 Å². The lowest BCUT2D eigenvalue weighted by Crippen LogP contribution is -2.46. The standard InChI is InChI=1S/C28H29Cl3FN5O/c1-15(2)24-19(26(30)34-14-33-24)12-23(38)35-28(37-13-16(3)9-10-17(37)4)20-11-21(29)25(36-27(20)31)18-7-5-6-8-22(18)32/h5-8,11,14-17H,9-10,12-13H2,1-4H3/t16-,17-/m0/s1. The number of amidine groups is 1. The summed E-state index contributed by atoms with van der Waals surface area (Å²) in [6.45, 7) is 8.87. The molecule has 1 fully saturated rings. The lowest BCUT2D eigenvalue weighted by Gasteiger charge is -2.39. The number of nitrogens with zero attached hydrogens (tertiary/aromatic N) is 5. The molecule has 1 amide bonds. The van der Waals surface area contributed by atoms with Gasteiger partial charge in [-0.05, 0) is 49.8 Å². The summed E-state index contributed by atoms with van der Waals surface area (Å²) in [5, 5.41) is 0.508. The lowest BCUT2D eigenvalue weighted by molar-refractivity contribution is -0.117. The third kappa shape index (κ3) is 6.16. The number of hydrogen-bond donors (Lipinski definition) is 0. The van der Waals surface area contributed by atoms with Gasteiger partial charge in [0.1, 0.15) is 28.3 Å². The molecule has 6 nitrogen and oxygen atoms in total. The second-order valence-corrected chi connectivity index (χ2v) is 11.1. The van der Waals surface area contributed by atoms with Crippen LogP contribution in [-0.4, -0.2) is 44.2 Å². The molecule has 0 radical (unpaired) electrons. The predicted octanol–water partition coefficient (Wildman–Crippen LogP) is 7.40. The molecule has 2 atom stereocenters. The fourth-order valence-electron chi connectivity index (χ4n) is 4.70. The first-order valence-corrected chi connectivity index (χ1v) is 13.7. The summed E-state index contributed by atoms with van der Waals surface area (Å²) < 4.78 is 14.5. The topological polar surface area (TPSA) is 71.3 Å². The minimum Gasteiger partial charge on any atom is -0.353 e. The largest absolute Gasteiger partial charge is 0.353 e. The van der Waals surface area contributed by atoms with E-state index >= 15 is 0 Å². The maximum absolute atomic E-state index is 14.5. The van der Waals surface area contributed by atoms with Crippen LogP contribution in [0.25, 0.3) is 11.3 Å². The minimum atomic E-state index is -0.462. The van der Waals surface area contributed by atoms with Gasteiger partial charge in [0, 0.05) is 23.7 Å². The number of aliphatic imine (C=N–C) groups is 1. The molecule has 4 rings (SSSR count). The maximum atomic E-state index is 14.5. The average Bonchev–Trinajstić information content (AvgIpc) is 2.87. The van der Waals surface area contributed by atoms with Gasteiger partial charge in [0.05, 0.1) is 28.4 Å².